The van der Waals surface area contributed by atoms with E-state index in [9.17, 15) is 9.59 Å². The summed E-state index contributed by atoms with van der Waals surface area (Å²) in [5, 5.41) is 0. The number of rotatable bonds is 7. The quantitative estimate of drug-likeness (QED) is 0.480. The smallest absolute Gasteiger partial charge is 0.276 e. The van der Waals surface area contributed by atoms with Crippen LogP contribution in [0.25, 0.3) is 0 Å². The zero-order valence-corrected chi connectivity index (χ0v) is 18.3. The minimum Gasteiger partial charge on any atom is -0.489 e. The van der Waals surface area contributed by atoms with Crippen molar-refractivity contribution >= 4 is 27.7 Å². The first-order valence-corrected chi connectivity index (χ1v) is 9.86. The highest BCUT2D eigenvalue weighted by Crippen LogP contribution is 2.31. The monoisotopic (exact) mass is 460 g/mol. The first kappa shape index (κ1) is 22.5. The summed E-state index contributed by atoms with van der Waals surface area (Å²) in [6.07, 6.45) is 1.58. The van der Waals surface area contributed by atoms with Gasteiger partial charge >= 0.3 is 0 Å². The second kappa shape index (κ2) is 10.1. The molecule has 0 heterocycles. The first-order valence-electron chi connectivity index (χ1n) is 9.07. The number of carbonyl (C=O) groups is 2. The molecule has 0 radical (unpaired) electrons. The third-order valence-electron chi connectivity index (χ3n) is 3.96. The number of nitrogens with one attached hydrogen (secondary N) is 2. The molecule has 0 bridgehead atoms. The van der Waals surface area contributed by atoms with Crippen LogP contribution in [0, 0.1) is 0 Å². The van der Waals surface area contributed by atoms with Crippen LogP contribution in [-0.2, 0) is 10.2 Å². The van der Waals surface area contributed by atoms with Crippen molar-refractivity contribution in [3.05, 3.63) is 70.7 Å². The molecule has 0 aliphatic carbocycles. The SMILES string of the molecule is C=CCOc1ccccc1C(=O)NNC(=O)COc1ccc(C(C)(C)C)cc1Br. The fraction of sp³-hybridized carbons (Fsp3) is 0.273. The van der Waals surface area contributed by atoms with Crippen LogP contribution in [-0.4, -0.2) is 25.0 Å². The summed E-state index contributed by atoms with van der Waals surface area (Å²) in [5.41, 5.74) is 6.15. The van der Waals surface area contributed by atoms with Gasteiger partial charge in [-0.1, -0.05) is 51.6 Å². The average molecular weight is 461 g/mol. The summed E-state index contributed by atoms with van der Waals surface area (Å²) < 4.78 is 11.7. The number of amides is 2. The van der Waals surface area contributed by atoms with Crippen molar-refractivity contribution in [1.29, 1.82) is 0 Å². The Kier molecular flexibility index (Phi) is 7.84. The minimum absolute atomic E-state index is 0.00832. The minimum atomic E-state index is -0.492. The number of hydrogen-bond donors (Lipinski definition) is 2. The van der Waals surface area contributed by atoms with Gasteiger partial charge in [0, 0.05) is 0 Å². The van der Waals surface area contributed by atoms with Gasteiger partial charge in [0.15, 0.2) is 6.61 Å². The summed E-state index contributed by atoms with van der Waals surface area (Å²) in [4.78, 5) is 24.3. The maximum absolute atomic E-state index is 12.3. The Morgan fingerprint density at radius 1 is 1.07 bits per heavy atom. The molecule has 2 rings (SSSR count). The standard InChI is InChI=1S/C22H25BrN2O4/c1-5-12-28-18-9-7-6-8-16(18)21(27)25-24-20(26)14-29-19-11-10-15(13-17(19)23)22(2,3)4/h5-11,13H,1,12,14H2,2-4H3,(H,24,26)(H,25,27). The van der Waals surface area contributed by atoms with E-state index in [4.69, 9.17) is 9.47 Å². The molecule has 7 heteroatoms. The summed E-state index contributed by atoms with van der Waals surface area (Å²) in [6.45, 7) is 9.95. The Morgan fingerprint density at radius 3 is 2.45 bits per heavy atom. The lowest BCUT2D eigenvalue weighted by molar-refractivity contribution is -0.123. The van der Waals surface area contributed by atoms with Crippen LogP contribution < -0.4 is 20.3 Å². The van der Waals surface area contributed by atoms with Crippen LogP contribution in [0.15, 0.2) is 59.6 Å². The molecule has 29 heavy (non-hydrogen) atoms. The van der Waals surface area contributed by atoms with Gasteiger partial charge in [-0.3, -0.25) is 20.4 Å². The van der Waals surface area contributed by atoms with Gasteiger partial charge in [-0.05, 0) is 51.2 Å². The van der Waals surface area contributed by atoms with Gasteiger partial charge in [0.25, 0.3) is 11.8 Å². The maximum atomic E-state index is 12.3. The molecule has 0 atom stereocenters. The predicted molar refractivity (Wildman–Crippen MR) is 116 cm³/mol. The van der Waals surface area contributed by atoms with Crippen molar-refractivity contribution in [2.24, 2.45) is 0 Å². The lowest BCUT2D eigenvalue weighted by Crippen LogP contribution is -2.44. The molecule has 2 aromatic rings. The summed E-state index contributed by atoms with van der Waals surface area (Å²) in [6, 6.07) is 12.5. The van der Waals surface area contributed by atoms with Crippen LogP contribution in [0.4, 0.5) is 0 Å². The van der Waals surface area contributed by atoms with Gasteiger partial charge in [-0.2, -0.15) is 0 Å². The Bertz CT molecular complexity index is 891. The van der Waals surface area contributed by atoms with Crippen LogP contribution in [0.5, 0.6) is 11.5 Å². The molecule has 0 saturated carbocycles. The van der Waals surface area contributed by atoms with E-state index in [-0.39, 0.29) is 18.6 Å². The molecule has 2 N–H and O–H groups in total. The molecule has 6 nitrogen and oxygen atoms in total. The second-order valence-corrected chi connectivity index (χ2v) is 8.14. The van der Waals surface area contributed by atoms with E-state index in [1.807, 2.05) is 18.2 Å². The zero-order chi connectivity index (χ0) is 21.4. The molecule has 0 aliphatic rings. The molecule has 2 amide bonds. The number of carbonyl (C=O) groups excluding carboxylic acids is 2. The number of hydrogen-bond acceptors (Lipinski definition) is 4. The van der Waals surface area contributed by atoms with Gasteiger partial charge in [0.2, 0.25) is 0 Å². The highest BCUT2D eigenvalue weighted by atomic mass is 79.9. The van der Waals surface area contributed by atoms with E-state index in [1.165, 1.54) is 0 Å². The van der Waals surface area contributed by atoms with E-state index >= 15 is 0 Å². The largest absolute Gasteiger partial charge is 0.489 e. The van der Waals surface area contributed by atoms with Crippen molar-refractivity contribution in [2.45, 2.75) is 26.2 Å². The van der Waals surface area contributed by atoms with Crippen molar-refractivity contribution in [3.8, 4) is 11.5 Å². The topological polar surface area (TPSA) is 76.7 Å². The van der Waals surface area contributed by atoms with E-state index < -0.39 is 11.8 Å². The molecule has 154 valence electrons. The molecule has 0 saturated heterocycles. The van der Waals surface area contributed by atoms with Crippen molar-refractivity contribution < 1.29 is 19.1 Å². The molecular weight excluding hydrogens is 436 g/mol. The van der Waals surface area contributed by atoms with Crippen molar-refractivity contribution in [1.82, 2.24) is 10.9 Å². The lowest BCUT2D eigenvalue weighted by atomic mass is 9.87. The third-order valence-corrected chi connectivity index (χ3v) is 4.58. The van der Waals surface area contributed by atoms with Gasteiger partial charge < -0.3 is 9.47 Å². The number of para-hydroxylation sites is 1. The highest BCUT2D eigenvalue weighted by molar-refractivity contribution is 9.10. The van der Waals surface area contributed by atoms with Gasteiger partial charge in [0.05, 0.1) is 10.0 Å². The Balaban J connectivity index is 1.89. The number of halogens is 1. The van der Waals surface area contributed by atoms with Crippen LogP contribution in [0.2, 0.25) is 0 Å². The van der Waals surface area contributed by atoms with Crippen LogP contribution in [0.1, 0.15) is 36.7 Å². The summed E-state index contributed by atoms with van der Waals surface area (Å²) >= 11 is 3.46. The molecule has 0 fully saturated rings. The summed E-state index contributed by atoms with van der Waals surface area (Å²) in [5.74, 6) is -0.0377. The molecular formula is C22H25BrN2O4. The third kappa shape index (κ3) is 6.64. The van der Waals surface area contributed by atoms with Gasteiger partial charge in [-0.25, -0.2) is 0 Å². The molecule has 0 spiro atoms. The molecule has 0 aromatic heterocycles. The van der Waals surface area contributed by atoms with E-state index in [0.717, 1.165) is 10.0 Å². The fourth-order valence-electron chi connectivity index (χ4n) is 2.39. The van der Waals surface area contributed by atoms with E-state index in [1.54, 1.807) is 30.3 Å². The van der Waals surface area contributed by atoms with Crippen molar-refractivity contribution in [2.75, 3.05) is 13.2 Å². The number of hydrazine groups is 1. The Hall–Kier alpha value is -2.80. The van der Waals surface area contributed by atoms with Gasteiger partial charge in [-0.15, -0.1) is 0 Å². The second-order valence-electron chi connectivity index (χ2n) is 7.28. The first-order chi connectivity index (χ1) is 13.7. The Labute approximate surface area is 179 Å². The highest BCUT2D eigenvalue weighted by Gasteiger charge is 2.16. The number of ether oxygens (including phenoxy) is 2. The normalized spacial score (nSPS) is 10.8. The maximum Gasteiger partial charge on any atom is 0.276 e. The fourth-order valence-corrected chi connectivity index (χ4v) is 2.88. The molecule has 0 unspecified atom stereocenters. The van der Waals surface area contributed by atoms with E-state index in [2.05, 4.69) is 54.1 Å². The van der Waals surface area contributed by atoms with E-state index in [0.29, 0.717) is 17.1 Å². The lowest BCUT2D eigenvalue weighted by Gasteiger charge is -2.20. The van der Waals surface area contributed by atoms with Crippen LogP contribution in [0.3, 0.4) is 0 Å². The zero-order valence-electron chi connectivity index (χ0n) is 16.8. The average Bonchev–Trinajstić information content (AvgIpc) is 2.69. The predicted octanol–water partition coefficient (Wildman–Crippen LogP) is 4.15. The summed E-state index contributed by atoms with van der Waals surface area (Å²) in [7, 11) is 0. The Morgan fingerprint density at radius 2 is 1.79 bits per heavy atom. The number of benzene rings is 2. The molecule has 0 aliphatic heterocycles. The van der Waals surface area contributed by atoms with Crippen molar-refractivity contribution in [3.63, 3.8) is 0 Å². The molecule has 2 aromatic carbocycles. The van der Waals surface area contributed by atoms with Crippen LogP contribution >= 0.6 is 15.9 Å². The van der Waals surface area contributed by atoms with Gasteiger partial charge in [0.1, 0.15) is 18.1 Å².